The summed E-state index contributed by atoms with van der Waals surface area (Å²) >= 11 is 0.978. The molecule has 3 rings (SSSR count). The molecule has 0 saturated heterocycles. The van der Waals surface area contributed by atoms with Crippen LogP contribution in [0.5, 0.6) is 5.75 Å². The Morgan fingerprint density at radius 2 is 1.91 bits per heavy atom. The highest BCUT2D eigenvalue weighted by Crippen LogP contribution is 2.34. The molecule has 0 aliphatic heterocycles. The number of furan rings is 1. The predicted molar refractivity (Wildman–Crippen MR) is 119 cm³/mol. The number of nitro groups is 1. The summed E-state index contributed by atoms with van der Waals surface area (Å²) in [4.78, 5) is 47.8. The number of thiophene rings is 1. The first kappa shape index (κ1) is 23.7. The molecule has 0 atom stereocenters. The van der Waals surface area contributed by atoms with E-state index in [0.29, 0.717) is 10.4 Å². The summed E-state index contributed by atoms with van der Waals surface area (Å²) in [6, 6.07) is 8.80. The van der Waals surface area contributed by atoms with Gasteiger partial charge < -0.3 is 19.2 Å². The number of rotatable bonds is 9. The number of carbonyl (C=O) groups excluding carboxylic acids is 3. The number of nitrogens with zero attached hydrogens (tertiary/aromatic N) is 1. The number of hydrogen-bond acceptors (Lipinski definition) is 9. The Labute approximate surface area is 192 Å². The number of carbonyl (C=O) groups is 3. The SMILES string of the molecule is CCOC(=O)c1c(NC(=O)c2ccc(COc3ccccc3[N+](=O)[O-])o2)sc(C(C)=O)c1C. The van der Waals surface area contributed by atoms with Gasteiger partial charge in [0, 0.05) is 6.07 Å². The van der Waals surface area contributed by atoms with E-state index in [1.54, 1.807) is 19.9 Å². The summed E-state index contributed by atoms with van der Waals surface area (Å²) in [5.41, 5.74) is 0.356. The van der Waals surface area contributed by atoms with Crippen molar-refractivity contribution in [2.24, 2.45) is 0 Å². The molecule has 0 aliphatic carbocycles. The van der Waals surface area contributed by atoms with Gasteiger partial charge in [0.15, 0.2) is 17.3 Å². The normalized spacial score (nSPS) is 10.5. The first-order valence-corrected chi connectivity index (χ1v) is 10.6. The third-order valence-corrected chi connectivity index (χ3v) is 5.80. The lowest BCUT2D eigenvalue weighted by Gasteiger charge is -2.06. The van der Waals surface area contributed by atoms with E-state index in [2.05, 4.69) is 5.32 Å². The highest BCUT2D eigenvalue weighted by Gasteiger charge is 2.26. The second-order valence-corrected chi connectivity index (χ2v) is 7.79. The zero-order chi connectivity index (χ0) is 24.1. The van der Waals surface area contributed by atoms with Gasteiger partial charge in [0.25, 0.3) is 5.91 Å². The van der Waals surface area contributed by atoms with Crippen molar-refractivity contribution in [3.63, 3.8) is 0 Å². The van der Waals surface area contributed by atoms with Crippen molar-refractivity contribution in [1.82, 2.24) is 0 Å². The Morgan fingerprint density at radius 1 is 1.18 bits per heavy atom. The quantitative estimate of drug-likeness (QED) is 0.203. The van der Waals surface area contributed by atoms with Gasteiger partial charge in [-0.25, -0.2) is 4.79 Å². The van der Waals surface area contributed by atoms with Gasteiger partial charge >= 0.3 is 11.7 Å². The number of anilines is 1. The highest BCUT2D eigenvalue weighted by atomic mass is 32.1. The van der Waals surface area contributed by atoms with Crippen LogP contribution in [0.3, 0.4) is 0 Å². The van der Waals surface area contributed by atoms with Crippen LogP contribution in [0.25, 0.3) is 0 Å². The van der Waals surface area contributed by atoms with E-state index in [4.69, 9.17) is 13.9 Å². The number of para-hydroxylation sites is 2. The summed E-state index contributed by atoms with van der Waals surface area (Å²) in [5.74, 6) is -1.27. The monoisotopic (exact) mass is 472 g/mol. The molecule has 2 heterocycles. The number of hydrogen-bond donors (Lipinski definition) is 1. The van der Waals surface area contributed by atoms with E-state index in [1.807, 2.05) is 0 Å². The minimum Gasteiger partial charge on any atom is -0.479 e. The van der Waals surface area contributed by atoms with Crippen LogP contribution in [-0.2, 0) is 11.3 Å². The smallest absolute Gasteiger partial charge is 0.341 e. The van der Waals surface area contributed by atoms with E-state index in [0.717, 1.165) is 11.3 Å². The fourth-order valence-corrected chi connectivity index (χ4v) is 4.09. The van der Waals surface area contributed by atoms with Gasteiger partial charge in [-0.2, -0.15) is 0 Å². The van der Waals surface area contributed by atoms with E-state index in [1.165, 1.54) is 37.3 Å². The minimum absolute atomic E-state index is 0.0646. The second-order valence-electron chi connectivity index (χ2n) is 6.77. The molecule has 0 aliphatic rings. The summed E-state index contributed by atoms with van der Waals surface area (Å²) in [6.07, 6.45) is 0. The van der Waals surface area contributed by atoms with Gasteiger partial charge in [-0.05, 0) is 44.5 Å². The van der Waals surface area contributed by atoms with Crippen LogP contribution >= 0.6 is 11.3 Å². The number of nitro benzene ring substituents is 1. The van der Waals surface area contributed by atoms with E-state index < -0.39 is 16.8 Å². The van der Waals surface area contributed by atoms with E-state index in [9.17, 15) is 24.5 Å². The Morgan fingerprint density at radius 3 is 2.58 bits per heavy atom. The standard InChI is InChI=1S/C22H20N2O8S/c1-4-30-22(27)18-12(2)19(13(3)25)33-21(18)23-20(26)17-10-9-14(32-17)11-31-16-8-6-5-7-15(16)24(28)29/h5-10H,4,11H2,1-3H3,(H,23,26). The molecule has 1 amide bonds. The van der Waals surface area contributed by atoms with Crippen molar-refractivity contribution in [3.05, 3.63) is 74.0 Å². The van der Waals surface area contributed by atoms with Crippen LogP contribution in [0, 0.1) is 17.0 Å². The average Bonchev–Trinajstić information content (AvgIpc) is 3.37. The zero-order valence-corrected chi connectivity index (χ0v) is 18.8. The van der Waals surface area contributed by atoms with Crippen molar-refractivity contribution >= 4 is 39.7 Å². The molecular weight excluding hydrogens is 452 g/mol. The molecule has 1 aromatic carbocycles. The van der Waals surface area contributed by atoms with E-state index in [-0.39, 0.29) is 52.5 Å². The molecule has 0 unspecified atom stereocenters. The van der Waals surface area contributed by atoms with Crippen molar-refractivity contribution in [2.75, 3.05) is 11.9 Å². The second kappa shape index (κ2) is 10.1. The largest absolute Gasteiger partial charge is 0.479 e. The maximum absolute atomic E-state index is 12.7. The van der Waals surface area contributed by atoms with Gasteiger partial charge in [-0.15, -0.1) is 11.3 Å². The number of esters is 1. The Hall–Kier alpha value is -3.99. The first-order valence-electron chi connectivity index (χ1n) is 9.80. The van der Waals surface area contributed by atoms with Crippen molar-refractivity contribution < 1.29 is 33.2 Å². The lowest BCUT2D eigenvalue weighted by atomic mass is 10.1. The third kappa shape index (κ3) is 5.26. The van der Waals surface area contributed by atoms with Gasteiger partial charge in [0.05, 0.1) is 22.0 Å². The maximum atomic E-state index is 12.7. The molecule has 1 N–H and O–H groups in total. The van der Waals surface area contributed by atoms with Crippen LogP contribution < -0.4 is 10.1 Å². The molecule has 0 radical (unpaired) electrons. The summed E-state index contributed by atoms with van der Waals surface area (Å²) in [7, 11) is 0. The van der Waals surface area contributed by atoms with Gasteiger partial charge in [-0.3, -0.25) is 19.7 Å². The number of ether oxygens (including phenoxy) is 2. The minimum atomic E-state index is -0.646. The number of ketones is 1. The maximum Gasteiger partial charge on any atom is 0.341 e. The molecule has 0 fully saturated rings. The molecule has 0 spiro atoms. The topological polar surface area (TPSA) is 138 Å². The van der Waals surface area contributed by atoms with Crippen LogP contribution in [0.1, 0.15) is 55.8 Å². The summed E-state index contributed by atoms with van der Waals surface area (Å²) < 4.78 is 16.0. The molecule has 3 aromatic rings. The number of amides is 1. The van der Waals surface area contributed by atoms with Crippen molar-refractivity contribution in [2.45, 2.75) is 27.4 Å². The Bertz CT molecular complexity index is 1230. The number of Topliss-reactive ketones (excluding diaryl/α,β-unsaturated/α-hetero) is 1. The molecule has 0 bridgehead atoms. The van der Waals surface area contributed by atoms with Crippen LogP contribution in [0.2, 0.25) is 0 Å². The van der Waals surface area contributed by atoms with Crippen LogP contribution in [0.4, 0.5) is 10.7 Å². The molecule has 172 valence electrons. The van der Waals surface area contributed by atoms with Gasteiger partial charge in [0.1, 0.15) is 17.4 Å². The average molecular weight is 472 g/mol. The van der Waals surface area contributed by atoms with Gasteiger partial charge in [-0.1, -0.05) is 12.1 Å². The predicted octanol–water partition coefficient (Wildman–Crippen LogP) is 4.77. The molecule has 11 heteroatoms. The zero-order valence-electron chi connectivity index (χ0n) is 18.0. The molecular formula is C22H20N2O8S. The fraction of sp³-hybridized carbons (Fsp3) is 0.227. The van der Waals surface area contributed by atoms with Crippen molar-refractivity contribution in [3.8, 4) is 5.75 Å². The summed E-state index contributed by atoms with van der Waals surface area (Å²) in [6.45, 7) is 4.63. The molecule has 33 heavy (non-hydrogen) atoms. The molecule has 0 saturated carbocycles. The van der Waals surface area contributed by atoms with Crippen LogP contribution in [-0.4, -0.2) is 29.2 Å². The lowest BCUT2D eigenvalue weighted by Crippen LogP contribution is -2.14. The summed E-state index contributed by atoms with van der Waals surface area (Å²) in [5, 5.41) is 13.9. The Kier molecular flexibility index (Phi) is 7.23. The van der Waals surface area contributed by atoms with Gasteiger partial charge in [0.2, 0.25) is 0 Å². The highest BCUT2D eigenvalue weighted by molar-refractivity contribution is 7.18. The van der Waals surface area contributed by atoms with Crippen molar-refractivity contribution in [1.29, 1.82) is 0 Å². The number of nitrogens with one attached hydrogen (secondary N) is 1. The molecule has 2 aromatic heterocycles. The number of benzene rings is 1. The first-order chi connectivity index (χ1) is 15.7. The Balaban J connectivity index is 1.76. The lowest BCUT2D eigenvalue weighted by molar-refractivity contribution is -0.386. The van der Waals surface area contributed by atoms with Crippen LogP contribution in [0.15, 0.2) is 40.8 Å². The third-order valence-electron chi connectivity index (χ3n) is 4.49. The fourth-order valence-electron chi connectivity index (χ4n) is 3.01. The molecule has 10 nitrogen and oxygen atoms in total. The van der Waals surface area contributed by atoms with E-state index >= 15 is 0 Å².